The number of aromatic nitrogens is 2. The molecule has 0 aliphatic rings. The third-order valence-electron chi connectivity index (χ3n) is 3.96. The summed E-state index contributed by atoms with van der Waals surface area (Å²) >= 11 is 0. The van der Waals surface area contributed by atoms with Crippen LogP contribution in [0.15, 0.2) is 30.5 Å². The maximum Gasteiger partial charge on any atom is 0.524 e. The molecule has 170 valence electrons. The van der Waals surface area contributed by atoms with E-state index in [1.165, 1.54) is 18.2 Å². The van der Waals surface area contributed by atoms with Gasteiger partial charge in [-0.1, -0.05) is 6.07 Å². The standard InChI is InChI=1S/C18H24FN4O7P/c19-12-14-11-13(1-2-16(14)30-31(26,27)28)3-6-20-17(24)5-9-29-10-8-21-18(25)15-4-7-22-23-15/h1-2,4,7,11H,3,5-6,8-10,12H2,(H,20,24)(H,21,25)(H,22,23)(H2,26,27,28). The molecule has 2 rings (SSSR count). The minimum atomic E-state index is -4.77. The molecule has 0 atom stereocenters. The van der Waals surface area contributed by atoms with E-state index in [9.17, 15) is 18.5 Å². The molecule has 0 fully saturated rings. The number of phosphoric acid groups is 1. The van der Waals surface area contributed by atoms with Crippen LogP contribution in [0.2, 0.25) is 0 Å². The van der Waals surface area contributed by atoms with Gasteiger partial charge in [0, 0.05) is 31.3 Å². The van der Waals surface area contributed by atoms with Gasteiger partial charge in [-0.2, -0.15) is 5.10 Å². The summed E-state index contributed by atoms with van der Waals surface area (Å²) < 4.78 is 33.7. The second-order valence-corrected chi connectivity index (χ2v) is 7.50. The van der Waals surface area contributed by atoms with Gasteiger partial charge < -0.3 is 19.9 Å². The Kier molecular flexibility index (Phi) is 9.60. The molecule has 1 aromatic heterocycles. The molecule has 1 aromatic carbocycles. The Bertz CT molecular complexity index is 904. The van der Waals surface area contributed by atoms with E-state index in [1.807, 2.05) is 0 Å². The van der Waals surface area contributed by atoms with Gasteiger partial charge in [-0.25, -0.2) is 8.96 Å². The first-order valence-corrected chi connectivity index (χ1v) is 10.9. The molecule has 31 heavy (non-hydrogen) atoms. The lowest BCUT2D eigenvalue weighted by Crippen LogP contribution is -2.29. The van der Waals surface area contributed by atoms with Gasteiger partial charge in [0.1, 0.15) is 18.1 Å². The van der Waals surface area contributed by atoms with Gasteiger partial charge in [-0.05, 0) is 30.2 Å². The van der Waals surface area contributed by atoms with Gasteiger partial charge in [-0.3, -0.25) is 24.5 Å². The number of benzene rings is 1. The van der Waals surface area contributed by atoms with Crippen LogP contribution >= 0.6 is 7.82 Å². The summed E-state index contributed by atoms with van der Waals surface area (Å²) in [6.45, 7) is 0.0625. The van der Waals surface area contributed by atoms with Crippen LogP contribution in [0.5, 0.6) is 5.75 Å². The normalized spacial score (nSPS) is 11.2. The number of nitrogens with one attached hydrogen (secondary N) is 3. The molecule has 0 radical (unpaired) electrons. The van der Waals surface area contributed by atoms with E-state index < -0.39 is 14.5 Å². The number of alkyl halides is 1. The number of hydrogen-bond donors (Lipinski definition) is 5. The van der Waals surface area contributed by atoms with Crippen molar-refractivity contribution in [2.75, 3.05) is 26.3 Å². The van der Waals surface area contributed by atoms with Crippen molar-refractivity contribution in [3.8, 4) is 5.75 Å². The van der Waals surface area contributed by atoms with Crippen LogP contribution in [0.1, 0.15) is 28.0 Å². The van der Waals surface area contributed by atoms with Gasteiger partial charge in [0.25, 0.3) is 5.91 Å². The van der Waals surface area contributed by atoms with Crippen LogP contribution in [-0.4, -0.2) is 58.1 Å². The number of aromatic amines is 1. The molecule has 0 saturated carbocycles. The fraction of sp³-hybridized carbons (Fsp3) is 0.389. The van der Waals surface area contributed by atoms with Crippen LogP contribution in [0, 0.1) is 0 Å². The van der Waals surface area contributed by atoms with Gasteiger partial charge in [-0.15, -0.1) is 0 Å². The van der Waals surface area contributed by atoms with E-state index >= 15 is 0 Å². The first-order valence-electron chi connectivity index (χ1n) is 9.34. The number of hydrogen-bond acceptors (Lipinski definition) is 6. The van der Waals surface area contributed by atoms with Crippen LogP contribution in [-0.2, 0) is 27.2 Å². The molecule has 0 unspecified atom stereocenters. The van der Waals surface area contributed by atoms with Crippen molar-refractivity contribution >= 4 is 19.6 Å². The molecule has 0 saturated heterocycles. The predicted octanol–water partition coefficient (Wildman–Crippen LogP) is 0.846. The summed E-state index contributed by atoms with van der Waals surface area (Å²) in [5, 5.41) is 11.6. The molecule has 0 spiro atoms. The number of carbonyl (C=O) groups is 2. The lowest BCUT2D eigenvalue weighted by Gasteiger charge is -2.12. The first-order chi connectivity index (χ1) is 14.8. The van der Waals surface area contributed by atoms with E-state index in [0.717, 1.165) is 0 Å². The minimum absolute atomic E-state index is 0.0138. The maximum absolute atomic E-state index is 13.1. The highest BCUT2D eigenvalue weighted by atomic mass is 31.2. The summed E-state index contributed by atoms with van der Waals surface area (Å²) in [5.74, 6) is -0.770. The van der Waals surface area contributed by atoms with E-state index in [4.69, 9.17) is 14.5 Å². The molecule has 11 nitrogen and oxygen atoms in total. The van der Waals surface area contributed by atoms with Gasteiger partial charge >= 0.3 is 7.82 Å². The molecule has 0 aliphatic carbocycles. The second kappa shape index (κ2) is 12.2. The fourth-order valence-corrected chi connectivity index (χ4v) is 2.96. The van der Waals surface area contributed by atoms with Crippen molar-refractivity contribution < 1.29 is 37.6 Å². The molecule has 1 heterocycles. The Balaban J connectivity index is 1.60. The van der Waals surface area contributed by atoms with Crippen LogP contribution in [0.3, 0.4) is 0 Å². The number of carbonyl (C=O) groups excluding carboxylic acids is 2. The van der Waals surface area contributed by atoms with Crippen molar-refractivity contribution in [1.82, 2.24) is 20.8 Å². The summed E-state index contributed by atoms with van der Waals surface area (Å²) in [5.41, 5.74) is 0.969. The number of nitrogens with zero attached hydrogens (tertiary/aromatic N) is 1. The molecule has 2 aromatic rings. The minimum Gasteiger partial charge on any atom is -0.404 e. The summed E-state index contributed by atoms with van der Waals surface area (Å²) in [4.78, 5) is 41.1. The van der Waals surface area contributed by atoms with Crippen LogP contribution in [0.25, 0.3) is 0 Å². The fourth-order valence-electron chi connectivity index (χ4n) is 2.53. The Morgan fingerprint density at radius 1 is 1.16 bits per heavy atom. The molecule has 5 N–H and O–H groups in total. The Morgan fingerprint density at radius 3 is 2.65 bits per heavy atom. The first kappa shape index (κ1) is 24.5. The van der Waals surface area contributed by atoms with Gasteiger partial charge in [0.15, 0.2) is 0 Å². The number of rotatable bonds is 13. The Labute approximate surface area is 177 Å². The average molecular weight is 458 g/mol. The largest absolute Gasteiger partial charge is 0.524 e. The van der Waals surface area contributed by atoms with Crippen LogP contribution in [0.4, 0.5) is 4.39 Å². The summed E-state index contributed by atoms with van der Waals surface area (Å²) in [6, 6.07) is 5.79. The quantitative estimate of drug-likeness (QED) is 0.218. The maximum atomic E-state index is 13.1. The SMILES string of the molecule is O=C(CCOCCNC(=O)c1cc[nH]n1)NCCc1ccc(OP(=O)(O)O)c(CF)c1. The van der Waals surface area contributed by atoms with E-state index in [2.05, 4.69) is 25.4 Å². The number of halogens is 1. The Hall–Kier alpha value is -2.79. The van der Waals surface area contributed by atoms with Gasteiger partial charge in [0.05, 0.1) is 13.2 Å². The zero-order valence-corrected chi connectivity index (χ0v) is 17.4. The summed E-state index contributed by atoms with van der Waals surface area (Å²) in [7, 11) is -4.77. The van der Waals surface area contributed by atoms with E-state index in [1.54, 1.807) is 12.3 Å². The molecule has 2 amide bonds. The summed E-state index contributed by atoms with van der Waals surface area (Å²) in [6.07, 6.45) is 2.08. The lowest BCUT2D eigenvalue weighted by atomic mass is 10.1. The third kappa shape index (κ3) is 9.26. The smallest absolute Gasteiger partial charge is 0.404 e. The molecular formula is C18H24FN4O7P. The van der Waals surface area contributed by atoms with Crippen molar-refractivity contribution in [2.24, 2.45) is 0 Å². The predicted molar refractivity (Wildman–Crippen MR) is 107 cm³/mol. The molecule has 0 aliphatic heterocycles. The molecule has 13 heteroatoms. The molecular weight excluding hydrogens is 434 g/mol. The van der Waals surface area contributed by atoms with Crippen molar-refractivity contribution in [1.29, 1.82) is 0 Å². The van der Waals surface area contributed by atoms with E-state index in [0.29, 0.717) is 18.5 Å². The number of amides is 2. The van der Waals surface area contributed by atoms with Crippen molar-refractivity contribution in [3.63, 3.8) is 0 Å². The number of ether oxygens (including phenoxy) is 1. The zero-order chi connectivity index (χ0) is 22.7. The lowest BCUT2D eigenvalue weighted by molar-refractivity contribution is -0.122. The topological polar surface area (TPSA) is 163 Å². The number of H-pyrrole nitrogens is 1. The number of phosphoric ester groups is 1. The van der Waals surface area contributed by atoms with Crippen LogP contribution < -0.4 is 15.2 Å². The second-order valence-electron chi connectivity index (χ2n) is 6.34. The monoisotopic (exact) mass is 458 g/mol. The third-order valence-corrected chi connectivity index (χ3v) is 4.40. The van der Waals surface area contributed by atoms with Crippen molar-refractivity contribution in [3.05, 3.63) is 47.3 Å². The highest BCUT2D eigenvalue weighted by molar-refractivity contribution is 7.46. The highest BCUT2D eigenvalue weighted by Gasteiger charge is 2.18. The zero-order valence-electron chi connectivity index (χ0n) is 16.5. The van der Waals surface area contributed by atoms with E-state index in [-0.39, 0.29) is 55.0 Å². The van der Waals surface area contributed by atoms with Crippen molar-refractivity contribution in [2.45, 2.75) is 19.5 Å². The van der Waals surface area contributed by atoms with Gasteiger partial charge in [0.2, 0.25) is 5.91 Å². The highest BCUT2D eigenvalue weighted by Crippen LogP contribution is 2.39. The Morgan fingerprint density at radius 2 is 1.97 bits per heavy atom. The average Bonchev–Trinajstić information content (AvgIpc) is 3.25. The molecule has 0 bridgehead atoms.